The number of nitrogens with zero attached hydrogens (tertiary/aromatic N) is 1. The molecule has 0 amide bonds. The van der Waals surface area contributed by atoms with Crippen molar-refractivity contribution in [3.63, 3.8) is 0 Å². The number of rotatable bonds is 6. The van der Waals surface area contributed by atoms with Crippen LogP contribution in [0.3, 0.4) is 0 Å². The second-order valence-corrected chi connectivity index (χ2v) is 6.77. The lowest BCUT2D eigenvalue weighted by Crippen LogP contribution is -2.35. The average molecular weight is 292 g/mol. The summed E-state index contributed by atoms with van der Waals surface area (Å²) in [4.78, 5) is 10.8. The van der Waals surface area contributed by atoms with E-state index in [1.165, 1.54) is 19.3 Å². The number of hydrogen-bond acceptors (Lipinski definition) is 4. The molecule has 0 spiro atoms. The van der Waals surface area contributed by atoms with Crippen molar-refractivity contribution in [3.8, 4) is 5.75 Å². The van der Waals surface area contributed by atoms with Gasteiger partial charge < -0.3 is 10.1 Å². The van der Waals surface area contributed by atoms with E-state index in [2.05, 4.69) is 26.1 Å². The van der Waals surface area contributed by atoms with E-state index < -0.39 is 0 Å². The molecule has 116 valence electrons. The number of benzene rings is 1. The molecule has 1 aromatic carbocycles. The standard InChI is InChI=1S/C16H24N2O3/c1-16(2,3)17-10-13-7-8-15(14(9-13)18(19)20)21-11-12-5-4-6-12/h7-9,12,17H,4-6,10-11H2,1-3H3. The van der Waals surface area contributed by atoms with Gasteiger partial charge in [-0.25, -0.2) is 0 Å². The molecule has 1 aromatic rings. The Morgan fingerprint density at radius 2 is 2.10 bits per heavy atom. The van der Waals surface area contributed by atoms with Gasteiger partial charge in [0, 0.05) is 18.2 Å². The highest BCUT2D eigenvalue weighted by Gasteiger charge is 2.21. The first-order chi connectivity index (χ1) is 9.85. The largest absolute Gasteiger partial charge is 0.487 e. The first-order valence-corrected chi connectivity index (χ1v) is 7.50. The minimum Gasteiger partial charge on any atom is -0.487 e. The minimum absolute atomic E-state index is 0.0197. The summed E-state index contributed by atoms with van der Waals surface area (Å²) in [6.07, 6.45) is 3.58. The van der Waals surface area contributed by atoms with Crippen molar-refractivity contribution in [3.05, 3.63) is 33.9 Å². The van der Waals surface area contributed by atoms with Gasteiger partial charge in [-0.05, 0) is 51.2 Å². The first kappa shape index (κ1) is 15.8. The second kappa shape index (κ2) is 6.43. The maximum absolute atomic E-state index is 11.2. The lowest BCUT2D eigenvalue weighted by Gasteiger charge is -2.25. The monoisotopic (exact) mass is 292 g/mol. The van der Waals surface area contributed by atoms with Crippen LogP contribution in [0.4, 0.5) is 5.69 Å². The van der Waals surface area contributed by atoms with Crippen LogP contribution in [-0.2, 0) is 6.54 Å². The fraction of sp³-hybridized carbons (Fsp3) is 0.625. The Kier molecular flexibility index (Phi) is 4.83. The van der Waals surface area contributed by atoms with Gasteiger partial charge in [-0.15, -0.1) is 0 Å². The molecule has 1 aliphatic rings. The Morgan fingerprint density at radius 1 is 1.38 bits per heavy atom. The molecule has 0 aromatic heterocycles. The Bertz CT molecular complexity index is 505. The van der Waals surface area contributed by atoms with Crippen LogP contribution in [0.2, 0.25) is 0 Å². The fourth-order valence-electron chi connectivity index (χ4n) is 2.17. The number of nitrogens with one attached hydrogen (secondary N) is 1. The summed E-state index contributed by atoms with van der Waals surface area (Å²) in [5, 5.41) is 14.5. The Morgan fingerprint density at radius 3 is 2.62 bits per heavy atom. The SMILES string of the molecule is CC(C)(C)NCc1ccc(OCC2CCC2)c([N+](=O)[O-])c1. The number of hydrogen-bond donors (Lipinski definition) is 1. The van der Waals surface area contributed by atoms with Crippen molar-refractivity contribution in [1.82, 2.24) is 5.32 Å². The van der Waals surface area contributed by atoms with Crippen molar-refractivity contribution in [2.24, 2.45) is 5.92 Å². The number of ether oxygens (including phenoxy) is 1. The highest BCUT2D eigenvalue weighted by atomic mass is 16.6. The van der Waals surface area contributed by atoms with Crippen molar-refractivity contribution in [2.45, 2.75) is 52.1 Å². The zero-order chi connectivity index (χ0) is 15.5. The first-order valence-electron chi connectivity index (χ1n) is 7.50. The zero-order valence-corrected chi connectivity index (χ0v) is 13.0. The molecular weight excluding hydrogens is 268 g/mol. The summed E-state index contributed by atoms with van der Waals surface area (Å²) in [7, 11) is 0. The van der Waals surface area contributed by atoms with Gasteiger partial charge in [0.2, 0.25) is 0 Å². The van der Waals surface area contributed by atoms with Crippen molar-refractivity contribution in [2.75, 3.05) is 6.61 Å². The Labute approximate surface area is 125 Å². The van der Waals surface area contributed by atoms with Gasteiger partial charge in [-0.2, -0.15) is 0 Å². The summed E-state index contributed by atoms with van der Waals surface area (Å²) in [5.41, 5.74) is 0.934. The molecule has 0 bridgehead atoms. The predicted octanol–water partition coefficient (Wildman–Crippen LogP) is 3.66. The molecule has 0 radical (unpaired) electrons. The van der Waals surface area contributed by atoms with Crippen LogP contribution in [-0.4, -0.2) is 17.1 Å². The molecule has 2 rings (SSSR count). The Hall–Kier alpha value is -1.62. The highest BCUT2D eigenvalue weighted by molar-refractivity contribution is 5.48. The quantitative estimate of drug-likeness (QED) is 0.642. The molecule has 1 fully saturated rings. The molecule has 0 saturated heterocycles. The van der Waals surface area contributed by atoms with E-state index in [1.807, 2.05) is 6.07 Å². The Balaban J connectivity index is 2.04. The maximum atomic E-state index is 11.2. The number of nitro benzene ring substituents is 1. The second-order valence-electron chi connectivity index (χ2n) is 6.77. The van der Waals surface area contributed by atoms with Crippen LogP contribution in [0.15, 0.2) is 18.2 Å². The summed E-state index contributed by atoms with van der Waals surface area (Å²) >= 11 is 0. The predicted molar refractivity (Wildman–Crippen MR) is 82.5 cm³/mol. The van der Waals surface area contributed by atoms with E-state index in [-0.39, 0.29) is 16.1 Å². The molecule has 5 nitrogen and oxygen atoms in total. The van der Waals surface area contributed by atoms with Crippen LogP contribution in [0, 0.1) is 16.0 Å². The third-order valence-electron chi connectivity index (χ3n) is 3.74. The van der Waals surface area contributed by atoms with E-state index in [0.29, 0.717) is 24.8 Å². The van der Waals surface area contributed by atoms with Crippen LogP contribution in [0.1, 0.15) is 45.6 Å². The van der Waals surface area contributed by atoms with Gasteiger partial charge in [-0.1, -0.05) is 12.5 Å². The van der Waals surface area contributed by atoms with E-state index >= 15 is 0 Å². The highest BCUT2D eigenvalue weighted by Crippen LogP contribution is 2.31. The van der Waals surface area contributed by atoms with E-state index in [1.54, 1.807) is 12.1 Å². The van der Waals surface area contributed by atoms with Crippen molar-refractivity contribution >= 4 is 5.69 Å². The van der Waals surface area contributed by atoms with Crippen LogP contribution < -0.4 is 10.1 Å². The summed E-state index contributed by atoms with van der Waals surface area (Å²) in [6, 6.07) is 5.22. The van der Waals surface area contributed by atoms with Crippen LogP contribution >= 0.6 is 0 Å². The molecule has 0 aliphatic heterocycles. The number of nitro groups is 1. The maximum Gasteiger partial charge on any atom is 0.311 e. The molecule has 1 N–H and O–H groups in total. The normalized spacial score (nSPS) is 15.6. The smallest absolute Gasteiger partial charge is 0.311 e. The van der Waals surface area contributed by atoms with Gasteiger partial charge in [0.15, 0.2) is 5.75 Å². The average Bonchev–Trinajstić information content (AvgIpc) is 2.34. The molecule has 1 aliphatic carbocycles. The van der Waals surface area contributed by atoms with Gasteiger partial charge in [0.05, 0.1) is 11.5 Å². The fourth-order valence-corrected chi connectivity index (χ4v) is 2.17. The summed E-state index contributed by atoms with van der Waals surface area (Å²) < 4.78 is 5.64. The zero-order valence-electron chi connectivity index (χ0n) is 13.0. The summed E-state index contributed by atoms with van der Waals surface area (Å²) in [5.74, 6) is 0.943. The minimum atomic E-state index is -0.364. The molecule has 0 heterocycles. The van der Waals surface area contributed by atoms with Crippen molar-refractivity contribution in [1.29, 1.82) is 0 Å². The molecule has 0 unspecified atom stereocenters. The van der Waals surface area contributed by atoms with E-state index in [4.69, 9.17) is 4.74 Å². The lowest BCUT2D eigenvalue weighted by atomic mass is 9.86. The van der Waals surface area contributed by atoms with E-state index in [9.17, 15) is 10.1 Å². The van der Waals surface area contributed by atoms with Gasteiger partial charge in [0.1, 0.15) is 0 Å². The van der Waals surface area contributed by atoms with Crippen molar-refractivity contribution < 1.29 is 9.66 Å². The van der Waals surface area contributed by atoms with Crippen LogP contribution in [0.5, 0.6) is 5.75 Å². The molecule has 5 heteroatoms. The summed E-state index contributed by atoms with van der Waals surface area (Å²) in [6.45, 7) is 7.39. The third kappa shape index (κ3) is 4.70. The molecular formula is C16H24N2O3. The van der Waals surface area contributed by atoms with Gasteiger partial charge in [0.25, 0.3) is 0 Å². The molecule has 0 atom stereocenters. The topological polar surface area (TPSA) is 64.4 Å². The van der Waals surface area contributed by atoms with Gasteiger partial charge >= 0.3 is 5.69 Å². The molecule has 1 saturated carbocycles. The van der Waals surface area contributed by atoms with Crippen LogP contribution in [0.25, 0.3) is 0 Å². The third-order valence-corrected chi connectivity index (χ3v) is 3.74. The van der Waals surface area contributed by atoms with Gasteiger partial charge in [-0.3, -0.25) is 10.1 Å². The lowest BCUT2D eigenvalue weighted by molar-refractivity contribution is -0.386. The van der Waals surface area contributed by atoms with E-state index in [0.717, 1.165) is 5.56 Å². The molecule has 21 heavy (non-hydrogen) atoms.